The summed E-state index contributed by atoms with van der Waals surface area (Å²) in [6.07, 6.45) is 2.04. The molecule has 2 aromatic carbocycles. The molecule has 0 aliphatic carbocycles. The van der Waals surface area contributed by atoms with Gasteiger partial charge in [-0.05, 0) is 49.7 Å². The number of amides is 1. The fourth-order valence-electron chi connectivity index (χ4n) is 4.12. The van der Waals surface area contributed by atoms with Crippen LogP contribution in [-0.4, -0.2) is 59.1 Å². The third-order valence-electron chi connectivity index (χ3n) is 5.80. The van der Waals surface area contributed by atoms with Gasteiger partial charge in [0.1, 0.15) is 0 Å². The molecular weight excluding hydrogens is 432 g/mol. The quantitative estimate of drug-likeness (QED) is 0.694. The van der Waals surface area contributed by atoms with Gasteiger partial charge in [-0.25, -0.2) is 4.99 Å². The van der Waals surface area contributed by atoms with E-state index in [1.54, 1.807) is 18.0 Å². The summed E-state index contributed by atoms with van der Waals surface area (Å²) in [6, 6.07) is 15.1. The Morgan fingerprint density at radius 1 is 1.26 bits per heavy atom. The molecule has 0 bridgehead atoms. The number of likely N-dealkylation sites (tertiary alicyclic amines) is 1. The second kappa shape index (κ2) is 9.34. The van der Waals surface area contributed by atoms with Gasteiger partial charge in [-0.3, -0.25) is 4.79 Å². The van der Waals surface area contributed by atoms with Gasteiger partial charge in [-0.1, -0.05) is 41.9 Å². The zero-order valence-corrected chi connectivity index (χ0v) is 18.9. The molecule has 1 amide bonds. The van der Waals surface area contributed by atoms with Crippen molar-refractivity contribution in [1.29, 1.82) is 0 Å². The summed E-state index contributed by atoms with van der Waals surface area (Å²) in [7, 11) is 1.73. The van der Waals surface area contributed by atoms with E-state index in [1.165, 1.54) is 0 Å². The standard InChI is InChI=1S/C23H25ClN4O2S/c1-27-19-11-10-16(24)13-18(19)20(15-7-3-2-4-8-15)25-21(22(27)30)26-23(31)28-12-6-5-9-17(28)14-29/h2-4,7-8,10-11,13,17,21,29H,5-6,9,12,14H2,1H3,(H,26,31). The maximum absolute atomic E-state index is 13.3. The topological polar surface area (TPSA) is 68.2 Å². The minimum absolute atomic E-state index is 0.0306. The maximum Gasteiger partial charge on any atom is 0.272 e. The predicted molar refractivity (Wildman–Crippen MR) is 128 cm³/mol. The van der Waals surface area contributed by atoms with E-state index >= 15 is 0 Å². The molecule has 0 radical (unpaired) electrons. The number of piperidine rings is 1. The Hall–Kier alpha value is -2.48. The summed E-state index contributed by atoms with van der Waals surface area (Å²) in [5.41, 5.74) is 3.08. The second-order valence-corrected chi connectivity index (χ2v) is 8.60. The van der Waals surface area contributed by atoms with E-state index in [9.17, 15) is 9.90 Å². The van der Waals surface area contributed by atoms with Crippen LogP contribution < -0.4 is 10.2 Å². The number of benzodiazepines with no additional fused rings is 1. The summed E-state index contributed by atoms with van der Waals surface area (Å²) in [6.45, 7) is 0.779. The van der Waals surface area contributed by atoms with Crippen molar-refractivity contribution >= 4 is 46.2 Å². The number of hydrogen-bond donors (Lipinski definition) is 2. The van der Waals surface area contributed by atoms with Gasteiger partial charge in [0.2, 0.25) is 6.17 Å². The highest BCUT2D eigenvalue weighted by atomic mass is 35.5. The number of rotatable bonds is 3. The number of thiocarbonyl (C=S) groups is 1. The highest BCUT2D eigenvalue weighted by Crippen LogP contribution is 2.30. The van der Waals surface area contributed by atoms with Crippen molar-refractivity contribution in [2.24, 2.45) is 4.99 Å². The molecule has 0 aromatic heterocycles. The Labute approximate surface area is 192 Å². The summed E-state index contributed by atoms with van der Waals surface area (Å²) in [5.74, 6) is -0.214. The SMILES string of the molecule is CN1C(=O)C(NC(=S)N2CCCCC2CO)N=C(c2ccccc2)c2cc(Cl)ccc21. The van der Waals surface area contributed by atoms with E-state index in [2.05, 4.69) is 5.32 Å². The lowest BCUT2D eigenvalue weighted by atomic mass is 10.0. The molecule has 1 fully saturated rings. The number of nitrogens with zero attached hydrogens (tertiary/aromatic N) is 3. The monoisotopic (exact) mass is 456 g/mol. The fourth-order valence-corrected chi connectivity index (χ4v) is 4.65. The van der Waals surface area contributed by atoms with Gasteiger partial charge in [0.05, 0.1) is 24.0 Å². The lowest BCUT2D eigenvalue weighted by Gasteiger charge is -2.37. The van der Waals surface area contributed by atoms with Gasteiger partial charge in [-0.15, -0.1) is 0 Å². The second-order valence-electron chi connectivity index (χ2n) is 7.78. The maximum atomic E-state index is 13.3. The van der Waals surface area contributed by atoms with Crippen LogP contribution >= 0.6 is 23.8 Å². The Morgan fingerprint density at radius 3 is 2.77 bits per heavy atom. The first kappa shape index (κ1) is 21.7. The molecule has 2 aromatic rings. The van der Waals surface area contributed by atoms with Crippen molar-refractivity contribution in [1.82, 2.24) is 10.2 Å². The molecule has 6 nitrogen and oxygen atoms in total. The predicted octanol–water partition coefficient (Wildman–Crippen LogP) is 3.20. The third-order valence-corrected chi connectivity index (χ3v) is 6.39. The Kier molecular flexibility index (Phi) is 6.55. The number of aliphatic imine (C=N–C) groups is 1. The minimum atomic E-state index is -0.889. The van der Waals surface area contributed by atoms with Crippen LogP contribution in [0, 0.1) is 0 Å². The van der Waals surface area contributed by atoms with Crippen molar-refractivity contribution < 1.29 is 9.90 Å². The highest BCUT2D eigenvalue weighted by Gasteiger charge is 2.32. The number of fused-ring (bicyclic) bond motifs is 1. The Morgan fingerprint density at radius 2 is 2.03 bits per heavy atom. The molecule has 0 saturated carbocycles. The van der Waals surface area contributed by atoms with Crippen molar-refractivity contribution in [2.45, 2.75) is 31.5 Å². The number of hydrogen-bond acceptors (Lipinski definition) is 4. The molecule has 31 heavy (non-hydrogen) atoms. The smallest absolute Gasteiger partial charge is 0.272 e. The summed E-state index contributed by atoms with van der Waals surface area (Å²) in [4.78, 5) is 21.7. The lowest BCUT2D eigenvalue weighted by molar-refractivity contribution is -0.119. The lowest BCUT2D eigenvalue weighted by Crippen LogP contribution is -2.55. The number of nitrogens with one attached hydrogen (secondary N) is 1. The number of likely N-dealkylation sites (N-methyl/N-ethyl adjacent to an activating group) is 1. The fraction of sp³-hybridized carbons (Fsp3) is 0.348. The molecule has 8 heteroatoms. The van der Waals surface area contributed by atoms with E-state index < -0.39 is 6.17 Å². The molecule has 2 aliphatic heterocycles. The van der Waals surface area contributed by atoms with Crippen LogP contribution in [0.2, 0.25) is 5.02 Å². The van der Waals surface area contributed by atoms with Gasteiger partial charge < -0.3 is 20.2 Å². The van der Waals surface area contributed by atoms with Gasteiger partial charge in [0.15, 0.2) is 5.11 Å². The number of carbonyl (C=O) groups is 1. The molecule has 2 atom stereocenters. The average Bonchev–Trinajstić information content (AvgIpc) is 2.90. The van der Waals surface area contributed by atoms with Crippen LogP contribution in [0.5, 0.6) is 0 Å². The van der Waals surface area contributed by atoms with Crippen LogP contribution in [0.25, 0.3) is 0 Å². The molecule has 2 aliphatic rings. The first-order valence-electron chi connectivity index (χ1n) is 10.4. The Balaban J connectivity index is 1.73. The van der Waals surface area contributed by atoms with Crippen LogP contribution in [0.1, 0.15) is 30.4 Å². The zero-order chi connectivity index (χ0) is 22.0. The third kappa shape index (κ3) is 4.44. The minimum Gasteiger partial charge on any atom is -0.394 e. The largest absolute Gasteiger partial charge is 0.394 e. The number of carbonyl (C=O) groups excluding carboxylic acids is 1. The van der Waals surface area contributed by atoms with Gasteiger partial charge in [-0.2, -0.15) is 0 Å². The van der Waals surface area contributed by atoms with E-state index in [0.717, 1.165) is 42.6 Å². The van der Waals surface area contributed by atoms with Crippen molar-refractivity contribution in [2.75, 3.05) is 25.1 Å². The summed E-state index contributed by atoms with van der Waals surface area (Å²) < 4.78 is 0. The number of aliphatic hydroxyl groups excluding tert-OH is 1. The van der Waals surface area contributed by atoms with E-state index in [0.29, 0.717) is 15.8 Å². The molecule has 2 unspecified atom stereocenters. The number of aliphatic hydroxyl groups is 1. The van der Waals surface area contributed by atoms with Crippen molar-refractivity contribution in [3.8, 4) is 0 Å². The molecule has 2 N–H and O–H groups in total. The van der Waals surface area contributed by atoms with Crippen LogP contribution in [0.4, 0.5) is 5.69 Å². The van der Waals surface area contributed by atoms with Gasteiger partial charge in [0, 0.05) is 29.7 Å². The summed E-state index contributed by atoms with van der Waals surface area (Å²) in [5, 5.41) is 13.9. The molecule has 4 rings (SSSR count). The highest BCUT2D eigenvalue weighted by molar-refractivity contribution is 7.80. The zero-order valence-electron chi connectivity index (χ0n) is 17.3. The molecule has 2 heterocycles. The van der Waals surface area contributed by atoms with Crippen LogP contribution in [0.3, 0.4) is 0 Å². The van der Waals surface area contributed by atoms with E-state index in [4.69, 9.17) is 28.8 Å². The number of benzene rings is 2. The molecule has 162 valence electrons. The number of halogens is 1. The van der Waals surface area contributed by atoms with Crippen molar-refractivity contribution in [3.05, 3.63) is 64.7 Å². The van der Waals surface area contributed by atoms with E-state index in [-0.39, 0.29) is 18.6 Å². The first-order chi connectivity index (χ1) is 15.0. The Bertz CT molecular complexity index is 1010. The average molecular weight is 457 g/mol. The normalized spacial score (nSPS) is 21.3. The van der Waals surface area contributed by atoms with E-state index in [1.807, 2.05) is 47.4 Å². The van der Waals surface area contributed by atoms with Crippen LogP contribution in [-0.2, 0) is 4.79 Å². The van der Waals surface area contributed by atoms with Crippen molar-refractivity contribution in [3.63, 3.8) is 0 Å². The molecular formula is C23H25ClN4O2S. The van der Waals surface area contributed by atoms with Crippen LogP contribution in [0.15, 0.2) is 53.5 Å². The number of anilines is 1. The molecule has 0 spiro atoms. The van der Waals surface area contributed by atoms with Gasteiger partial charge >= 0.3 is 0 Å². The van der Waals surface area contributed by atoms with Gasteiger partial charge in [0.25, 0.3) is 5.91 Å². The first-order valence-corrected chi connectivity index (χ1v) is 11.2. The summed E-state index contributed by atoms with van der Waals surface area (Å²) >= 11 is 11.9. The molecule has 1 saturated heterocycles.